The molecule has 1 unspecified atom stereocenters. The van der Waals surface area contributed by atoms with Crippen LogP contribution in [0.3, 0.4) is 0 Å². The molecule has 0 radical (unpaired) electrons. The second kappa shape index (κ2) is 16.9. The molecule has 10 nitrogen and oxygen atoms in total. The predicted molar refractivity (Wildman–Crippen MR) is 216 cm³/mol. The molecular weight excluding hydrogens is 721 g/mol. The first-order valence-corrected chi connectivity index (χ1v) is 19.4. The largest absolute Gasteiger partial charge is 0.508 e. The average molecular weight is 767 g/mol. The van der Waals surface area contributed by atoms with Gasteiger partial charge in [0.25, 0.3) is 0 Å². The van der Waals surface area contributed by atoms with Crippen molar-refractivity contribution >= 4 is 46.1 Å². The van der Waals surface area contributed by atoms with Crippen LogP contribution in [-0.4, -0.2) is 64.7 Å². The topological polar surface area (TPSA) is 126 Å². The molecule has 6 rings (SSSR count). The SMILES string of the molecule is CCOC(=O)C(C(=O)C(C)(C)SCc1ccc(OC)cc1)n1nc(-c2ccccc2)cc1C.Cc1cc(-c2ccccc2)nn1C1=C(O)C(C)(C)SC1=O. The van der Waals surface area contributed by atoms with E-state index in [4.69, 9.17) is 9.47 Å². The van der Waals surface area contributed by atoms with Gasteiger partial charge in [-0.3, -0.25) is 9.59 Å². The van der Waals surface area contributed by atoms with E-state index in [-0.39, 0.29) is 29.0 Å². The van der Waals surface area contributed by atoms with Gasteiger partial charge >= 0.3 is 5.97 Å². The third-order valence-electron chi connectivity index (χ3n) is 8.85. The summed E-state index contributed by atoms with van der Waals surface area (Å²) in [5.74, 6) is 0.649. The molecule has 1 atom stereocenters. The van der Waals surface area contributed by atoms with Gasteiger partial charge in [0.15, 0.2) is 11.5 Å². The Labute approximate surface area is 325 Å². The molecule has 0 saturated heterocycles. The smallest absolute Gasteiger partial charge is 0.338 e. The number of hydrogen-bond donors (Lipinski definition) is 1. The Kier molecular flexibility index (Phi) is 12.6. The van der Waals surface area contributed by atoms with E-state index in [1.54, 1.807) is 18.7 Å². The summed E-state index contributed by atoms with van der Waals surface area (Å²) in [5.41, 5.74) is 6.27. The number of thioether (sulfide) groups is 2. The molecule has 0 fully saturated rings. The maximum atomic E-state index is 13.7. The van der Waals surface area contributed by atoms with Crippen LogP contribution in [0.1, 0.15) is 57.6 Å². The molecule has 0 amide bonds. The lowest BCUT2D eigenvalue weighted by molar-refractivity contribution is -0.151. The zero-order valence-corrected chi connectivity index (χ0v) is 33.5. The monoisotopic (exact) mass is 766 g/mol. The molecule has 12 heteroatoms. The average Bonchev–Trinajstić information content (AvgIpc) is 3.79. The number of benzene rings is 3. The maximum absolute atomic E-state index is 13.7. The summed E-state index contributed by atoms with van der Waals surface area (Å²) in [7, 11) is 1.63. The summed E-state index contributed by atoms with van der Waals surface area (Å²) in [4.78, 5) is 38.8. The highest BCUT2D eigenvalue weighted by Gasteiger charge is 2.43. The lowest BCUT2D eigenvalue weighted by atomic mass is 10.0. The Balaban J connectivity index is 0.000000228. The summed E-state index contributed by atoms with van der Waals surface area (Å²) in [6.07, 6.45) is 0. The molecule has 0 spiro atoms. The number of aromatic nitrogens is 4. The molecule has 3 heterocycles. The number of hydrogen-bond acceptors (Lipinski definition) is 10. The molecule has 1 aliphatic heterocycles. The number of methoxy groups -OCH3 is 1. The Bertz CT molecular complexity index is 2140. The maximum Gasteiger partial charge on any atom is 0.338 e. The summed E-state index contributed by atoms with van der Waals surface area (Å²) in [5, 5.41) is 19.3. The highest BCUT2D eigenvalue weighted by Crippen LogP contribution is 2.44. The molecule has 3 aromatic carbocycles. The van der Waals surface area contributed by atoms with Crippen molar-refractivity contribution in [1.29, 1.82) is 0 Å². The fraction of sp³-hybridized carbons (Fsp3) is 0.310. The van der Waals surface area contributed by atoms with Gasteiger partial charge in [-0.1, -0.05) is 84.6 Å². The number of carbonyl (C=O) groups is 3. The van der Waals surface area contributed by atoms with E-state index in [1.807, 2.05) is 139 Å². The van der Waals surface area contributed by atoms with Crippen LogP contribution in [0, 0.1) is 13.8 Å². The fourth-order valence-electron chi connectivity index (χ4n) is 5.77. The van der Waals surface area contributed by atoms with Gasteiger partial charge < -0.3 is 14.6 Å². The predicted octanol–water partition coefficient (Wildman–Crippen LogP) is 8.89. The van der Waals surface area contributed by atoms with Crippen LogP contribution in [0.5, 0.6) is 5.75 Å². The van der Waals surface area contributed by atoms with Gasteiger partial charge in [0.1, 0.15) is 11.5 Å². The van der Waals surface area contributed by atoms with Crippen LogP contribution in [0.15, 0.2) is 103 Å². The van der Waals surface area contributed by atoms with Crippen LogP contribution >= 0.6 is 23.5 Å². The molecule has 2 aromatic heterocycles. The molecule has 1 aliphatic rings. The Morgan fingerprint density at radius 2 is 1.44 bits per heavy atom. The highest BCUT2D eigenvalue weighted by molar-refractivity contribution is 8.16. The molecular formula is C42H46N4O6S2. The molecule has 0 bridgehead atoms. The molecule has 0 saturated carbocycles. The summed E-state index contributed by atoms with van der Waals surface area (Å²) >= 11 is 2.61. The number of ether oxygens (including phenoxy) is 2. The number of rotatable bonds is 12. The Morgan fingerprint density at radius 3 is 1.96 bits per heavy atom. The van der Waals surface area contributed by atoms with E-state index in [9.17, 15) is 19.5 Å². The van der Waals surface area contributed by atoms with Gasteiger partial charge in [0.05, 0.1) is 34.6 Å². The minimum absolute atomic E-state index is 0.0864. The zero-order valence-electron chi connectivity index (χ0n) is 31.8. The van der Waals surface area contributed by atoms with Crippen LogP contribution in [0.2, 0.25) is 0 Å². The molecule has 282 valence electrons. The number of aliphatic hydroxyl groups is 1. The van der Waals surface area contributed by atoms with Gasteiger partial charge in [0.2, 0.25) is 11.2 Å². The Hall–Kier alpha value is -5.07. The van der Waals surface area contributed by atoms with Crippen molar-refractivity contribution in [2.75, 3.05) is 13.7 Å². The second-order valence-corrected chi connectivity index (χ2v) is 16.9. The lowest BCUT2D eigenvalue weighted by Gasteiger charge is -2.27. The summed E-state index contributed by atoms with van der Waals surface area (Å²) < 4.78 is 12.1. The van der Waals surface area contributed by atoms with Crippen LogP contribution in [0.4, 0.5) is 0 Å². The quantitative estimate of drug-likeness (QED) is 0.0972. The van der Waals surface area contributed by atoms with Crippen molar-refractivity contribution in [2.45, 2.75) is 69.8 Å². The fourth-order valence-corrected chi connectivity index (χ4v) is 7.68. The number of ketones is 1. The van der Waals surface area contributed by atoms with E-state index in [2.05, 4.69) is 10.2 Å². The minimum Gasteiger partial charge on any atom is -0.508 e. The van der Waals surface area contributed by atoms with Gasteiger partial charge in [-0.15, -0.1) is 11.8 Å². The Morgan fingerprint density at radius 1 is 0.889 bits per heavy atom. The second-order valence-electron chi connectivity index (χ2n) is 13.7. The van der Waals surface area contributed by atoms with Crippen molar-refractivity contribution < 1.29 is 29.0 Å². The third-order valence-corrected chi connectivity index (χ3v) is 11.3. The minimum atomic E-state index is -1.15. The first kappa shape index (κ1) is 40.1. The first-order valence-electron chi connectivity index (χ1n) is 17.6. The van der Waals surface area contributed by atoms with E-state index in [0.29, 0.717) is 11.4 Å². The van der Waals surface area contributed by atoms with Crippen LogP contribution < -0.4 is 4.74 Å². The van der Waals surface area contributed by atoms with Crippen molar-refractivity contribution in [1.82, 2.24) is 19.6 Å². The summed E-state index contributed by atoms with van der Waals surface area (Å²) in [6, 6.07) is 29.8. The van der Waals surface area contributed by atoms with Gasteiger partial charge in [-0.25, -0.2) is 14.2 Å². The normalized spacial score (nSPS) is 14.3. The van der Waals surface area contributed by atoms with Gasteiger partial charge in [-0.05, 0) is 78.3 Å². The van der Waals surface area contributed by atoms with Crippen molar-refractivity contribution in [2.24, 2.45) is 0 Å². The van der Waals surface area contributed by atoms with Crippen LogP contribution in [-0.2, 0) is 24.9 Å². The summed E-state index contributed by atoms with van der Waals surface area (Å²) in [6.45, 7) is 13.0. The number of carbonyl (C=O) groups excluding carboxylic acids is 3. The number of aliphatic hydroxyl groups excluding tert-OH is 1. The van der Waals surface area contributed by atoms with Gasteiger partial charge in [0, 0.05) is 28.3 Å². The van der Waals surface area contributed by atoms with E-state index in [0.717, 1.165) is 51.3 Å². The van der Waals surface area contributed by atoms with Crippen molar-refractivity contribution in [3.05, 3.63) is 120 Å². The van der Waals surface area contributed by atoms with E-state index >= 15 is 0 Å². The van der Waals surface area contributed by atoms with Crippen LogP contribution in [0.25, 0.3) is 28.2 Å². The van der Waals surface area contributed by atoms with Crippen molar-refractivity contribution in [3.63, 3.8) is 0 Å². The lowest BCUT2D eigenvalue weighted by Crippen LogP contribution is -2.41. The highest BCUT2D eigenvalue weighted by atomic mass is 32.2. The number of nitrogens with zero attached hydrogens (tertiary/aromatic N) is 4. The first-order chi connectivity index (χ1) is 25.7. The molecule has 54 heavy (non-hydrogen) atoms. The van der Waals surface area contributed by atoms with E-state index in [1.165, 1.54) is 16.4 Å². The standard InChI is InChI=1S/C26H30N2O4S.C16H16N2O2S/c1-6-32-25(30)23(28-18(2)16-22(27-28)20-10-8-7-9-11-20)24(29)26(3,4)33-17-19-12-14-21(31-5)15-13-19;1-10-9-12(11-7-5-4-6-8-11)17-18(10)13-14(19)16(2,3)21-15(13)20/h7-16,23H,6,17H2,1-5H3;4-9,19H,1-3H3. The van der Waals surface area contributed by atoms with Crippen molar-refractivity contribution in [3.8, 4) is 28.3 Å². The number of Topliss-reactive ketones (excluding diaryl/α,β-unsaturated/α-hetero) is 1. The number of aryl methyl sites for hydroxylation is 2. The molecule has 1 N–H and O–H groups in total. The third kappa shape index (κ3) is 8.99. The zero-order chi connectivity index (χ0) is 39.2. The number of esters is 1. The molecule has 5 aromatic rings. The van der Waals surface area contributed by atoms with Gasteiger partial charge in [-0.2, -0.15) is 10.2 Å². The van der Waals surface area contributed by atoms with E-state index < -0.39 is 21.5 Å². The molecule has 0 aliphatic carbocycles.